The van der Waals surface area contributed by atoms with E-state index in [-0.39, 0.29) is 17.8 Å². The van der Waals surface area contributed by atoms with Gasteiger partial charge in [-0.25, -0.2) is 4.39 Å². The van der Waals surface area contributed by atoms with Crippen LogP contribution in [0, 0.1) is 5.82 Å². The van der Waals surface area contributed by atoms with Gasteiger partial charge in [-0.2, -0.15) is 11.3 Å². The van der Waals surface area contributed by atoms with Gasteiger partial charge < -0.3 is 15.8 Å². The third kappa shape index (κ3) is 4.14. The Kier molecular flexibility index (Phi) is 5.31. The second-order valence-corrected chi connectivity index (χ2v) is 7.68. The van der Waals surface area contributed by atoms with Crippen molar-refractivity contribution >= 4 is 23.2 Å². The largest absolute Gasteiger partial charge is 0.487 e. The molecular weight excluding hydrogens is 391 g/mol. The van der Waals surface area contributed by atoms with Crippen molar-refractivity contribution in [2.45, 2.75) is 18.9 Å². The number of carbonyl (C=O) groups is 2. The van der Waals surface area contributed by atoms with E-state index in [1.807, 2.05) is 16.8 Å². The van der Waals surface area contributed by atoms with Crippen LogP contribution in [0.25, 0.3) is 11.1 Å². The molecule has 3 aromatic rings. The van der Waals surface area contributed by atoms with Crippen molar-refractivity contribution in [3.05, 3.63) is 75.7 Å². The van der Waals surface area contributed by atoms with E-state index < -0.39 is 5.91 Å². The minimum absolute atomic E-state index is 0.0920. The lowest BCUT2D eigenvalue weighted by Crippen LogP contribution is -2.35. The summed E-state index contributed by atoms with van der Waals surface area (Å²) in [6, 6.07) is 11.8. The molecule has 2 heterocycles. The van der Waals surface area contributed by atoms with Crippen LogP contribution in [0.1, 0.15) is 21.5 Å². The molecule has 2 aromatic carbocycles. The highest BCUT2D eigenvalue weighted by molar-refractivity contribution is 7.08. The first kappa shape index (κ1) is 19.1. The fourth-order valence-electron chi connectivity index (χ4n) is 3.39. The Bertz CT molecular complexity index is 1050. The Morgan fingerprint density at radius 3 is 2.66 bits per heavy atom. The molecule has 1 aromatic heterocycles. The highest BCUT2D eigenvalue weighted by Gasteiger charge is 2.29. The van der Waals surface area contributed by atoms with E-state index >= 15 is 0 Å². The van der Waals surface area contributed by atoms with Crippen molar-refractivity contribution in [2.24, 2.45) is 5.73 Å². The van der Waals surface area contributed by atoms with Gasteiger partial charge in [0.25, 0.3) is 0 Å². The van der Waals surface area contributed by atoms with Gasteiger partial charge in [0.2, 0.25) is 11.8 Å². The molecule has 5 nitrogen and oxygen atoms in total. The average Bonchev–Trinajstić information content (AvgIpc) is 3.37. The Morgan fingerprint density at radius 1 is 1.17 bits per heavy atom. The number of hydrogen-bond donors (Lipinski definition) is 2. The van der Waals surface area contributed by atoms with E-state index in [1.165, 1.54) is 6.07 Å². The van der Waals surface area contributed by atoms with E-state index in [9.17, 15) is 14.0 Å². The maximum atomic E-state index is 14.4. The van der Waals surface area contributed by atoms with Crippen LogP contribution < -0.4 is 15.8 Å². The van der Waals surface area contributed by atoms with Crippen LogP contribution >= 0.6 is 11.3 Å². The molecule has 1 atom stereocenters. The van der Waals surface area contributed by atoms with E-state index in [0.29, 0.717) is 36.3 Å². The van der Waals surface area contributed by atoms with Crippen molar-refractivity contribution in [1.82, 2.24) is 5.32 Å². The first-order valence-corrected chi connectivity index (χ1v) is 10.1. The lowest BCUT2D eigenvalue weighted by Gasteiger charge is -2.14. The van der Waals surface area contributed by atoms with Crippen LogP contribution in [-0.4, -0.2) is 24.5 Å². The molecule has 1 aliphatic heterocycles. The number of carbonyl (C=O) groups excluding carboxylic acids is 2. The number of nitrogens with one attached hydrogen (secondary N) is 1. The van der Waals surface area contributed by atoms with Crippen LogP contribution in [0.15, 0.2) is 53.2 Å². The third-order valence-corrected chi connectivity index (χ3v) is 5.60. The quantitative estimate of drug-likeness (QED) is 0.654. The number of primary amides is 1. The second-order valence-electron chi connectivity index (χ2n) is 6.90. The Morgan fingerprint density at radius 2 is 1.97 bits per heavy atom. The number of fused-ring (bicyclic) bond motifs is 1. The molecule has 0 bridgehead atoms. The molecule has 0 saturated carbocycles. The summed E-state index contributed by atoms with van der Waals surface area (Å²) in [7, 11) is 0. The van der Waals surface area contributed by atoms with Gasteiger partial charge in [-0.05, 0) is 52.2 Å². The van der Waals surface area contributed by atoms with Crippen LogP contribution in [0.2, 0.25) is 0 Å². The number of halogens is 1. The summed E-state index contributed by atoms with van der Waals surface area (Å²) in [5.74, 6) is -0.445. The highest BCUT2D eigenvalue weighted by Crippen LogP contribution is 2.40. The summed E-state index contributed by atoms with van der Waals surface area (Å²) in [6.45, 7) is 0.303. The van der Waals surface area contributed by atoms with E-state index in [2.05, 4.69) is 5.32 Å². The molecule has 1 aliphatic rings. The Hall–Kier alpha value is -3.19. The van der Waals surface area contributed by atoms with Gasteiger partial charge in [0.15, 0.2) is 0 Å². The summed E-state index contributed by atoms with van der Waals surface area (Å²) in [5, 5.41) is 6.73. The average molecular weight is 410 g/mol. The molecule has 29 heavy (non-hydrogen) atoms. The van der Waals surface area contributed by atoms with Crippen molar-refractivity contribution in [2.75, 3.05) is 6.54 Å². The molecule has 3 N–H and O–H groups in total. The predicted octanol–water partition coefficient (Wildman–Crippen LogP) is 3.32. The summed E-state index contributed by atoms with van der Waals surface area (Å²) in [6.07, 6.45) is 0.360. The normalized spacial score (nSPS) is 14.9. The minimum atomic E-state index is -0.504. The summed E-state index contributed by atoms with van der Waals surface area (Å²) in [5.41, 5.74) is 8.69. The molecule has 0 radical (unpaired) electrons. The lowest BCUT2D eigenvalue weighted by molar-refractivity contribution is -0.120. The fourth-order valence-corrected chi connectivity index (χ4v) is 4.06. The van der Waals surface area contributed by atoms with Crippen LogP contribution in [0.3, 0.4) is 0 Å². The molecule has 148 valence electrons. The zero-order valence-corrected chi connectivity index (χ0v) is 16.3. The molecule has 0 spiro atoms. The number of thiophene rings is 1. The minimum Gasteiger partial charge on any atom is -0.487 e. The van der Waals surface area contributed by atoms with Crippen LogP contribution in [0.5, 0.6) is 5.75 Å². The summed E-state index contributed by atoms with van der Waals surface area (Å²) in [4.78, 5) is 23.4. The lowest BCUT2D eigenvalue weighted by atomic mass is 9.99. The zero-order valence-electron chi connectivity index (χ0n) is 15.5. The van der Waals surface area contributed by atoms with Gasteiger partial charge >= 0.3 is 0 Å². The molecule has 0 unspecified atom stereocenters. The first-order valence-electron chi connectivity index (χ1n) is 9.17. The number of hydrogen-bond acceptors (Lipinski definition) is 4. The van der Waals surface area contributed by atoms with Gasteiger partial charge in [-0.15, -0.1) is 0 Å². The number of benzene rings is 2. The van der Waals surface area contributed by atoms with Crippen molar-refractivity contribution in [1.29, 1.82) is 0 Å². The standard InChI is InChI=1S/C22H19FN2O3S/c23-19-6-5-17(14-1-3-15(4-2-14)22(24)27)21-18(19)10-16(28-21)11-25-20(26)9-13-7-8-29-12-13/h1-8,12,16H,9-11H2,(H2,24,27)(H,25,26)/t16-/m1/s1. The Labute approximate surface area is 171 Å². The summed E-state index contributed by atoms with van der Waals surface area (Å²) < 4.78 is 20.3. The first-order chi connectivity index (χ1) is 14.0. The van der Waals surface area contributed by atoms with Crippen LogP contribution in [0.4, 0.5) is 4.39 Å². The second kappa shape index (κ2) is 8.05. The van der Waals surface area contributed by atoms with Gasteiger partial charge in [-0.1, -0.05) is 12.1 Å². The van der Waals surface area contributed by atoms with E-state index in [0.717, 1.165) is 16.7 Å². The van der Waals surface area contributed by atoms with Gasteiger partial charge in [0, 0.05) is 23.1 Å². The number of rotatable bonds is 6. The molecule has 0 aliphatic carbocycles. The topological polar surface area (TPSA) is 81.4 Å². The van der Waals surface area contributed by atoms with E-state index in [4.69, 9.17) is 10.5 Å². The van der Waals surface area contributed by atoms with Gasteiger partial charge in [0.05, 0.1) is 13.0 Å². The maximum absolute atomic E-state index is 14.4. The van der Waals surface area contributed by atoms with Crippen molar-refractivity contribution < 1.29 is 18.7 Å². The molecule has 0 fully saturated rings. The molecule has 7 heteroatoms. The van der Waals surface area contributed by atoms with E-state index in [1.54, 1.807) is 41.7 Å². The third-order valence-electron chi connectivity index (χ3n) is 4.87. The smallest absolute Gasteiger partial charge is 0.248 e. The number of nitrogens with two attached hydrogens (primary N) is 1. The monoisotopic (exact) mass is 410 g/mol. The maximum Gasteiger partial charge on any atom is 0.248 e. The number of ether oxygens (including phenoxy) is 1. The van der Waals surface area contributed by atoms with Crippen molar-refractivity contribution in [3.63, 3.8) is 0 Å². The number of amides is 2. The van der Waals surface area contributed by atoms with Crippen LogP contribution in [-0.2, 0) is 17.6 Å². The summed E-state index contributed by atoms with van der Waals surface area (Å²) >= 11 is 1.55. The van der Waals surface area contributed by atoms with Gasteiger partial charge in [-0.3, -0.25) is 9.59 Å². The molecule has 0 saturated heterocycles. The Balaban J connectivity index is 1.47. The highest BCUT2D eigenvalue weighted by atomic mass is 32.1. The zero-order chi connectivity index (χ0) is 20.4. The fraction of sp³-hybridized carbons (Fsp3) is 0.182. The molecule has 2 amide bonds. The SMILES string of the molecule is NC(=O)c1ccc(-c2ccc(F)c3c2O[C@@H](CNC(=O)Cc2ccsc2)C3)cc1. The molecule has 4 rings (SSSR count). The molecular formula is C22H19FN2O3S. The van der Waals surface area contributed by atoms with Gasteiger partial charge in [0.1, 0.15) is 17.7 Å². The predicted molar refractivity (Wildman–Crippen MR) is 110 cm³/mol. The van der Waals surface area contributed by atoms with Crippen molar-refractivity contribution in [3.8, 4) is 16.9 Å².